The first-order valence-corrected chi connectivity index (χ1v) is 8.83. The summed E-state index contributed by atoms with van der Waals surface area (Å²) in [7, 11) is 1.52. The molecule has 2 aromatic rings. The van der Waals surface area contributed by atoms with Crippen molar-refractivity contribution in [2.75, 3.05) is 7.11 Å². The zero-order valence-electron chi connectivity index (χ0n) is 14.4. The van der Waals surface area contributed by atoms with E-state index >= 15 is 0 Å². The number of rotatable bonds is 6. The first-order chi connectivity index (χ1) is 12.3. The zero-order valence-corrected chi connectivity index (χ0v) is 16.7. The van der Waals surface area contributed by atoms with E-state index in [4.69, 9.17) is 49.0 Å². The van der Waals surface area contributed by atoms with Crippen LogP contribution in [-0.2, 0) is 4.79 Å². The molecule has 0 fully saturated rings. The molecule has 2 rings (SSSR count). The Kier molecular flexibility index (Phi) is 7.21. The Morgan fingerprint density at radius 3 is 2.46 bits per heavy atom. The molecule has 7 heteroatoms. The maximum absolute atomic E-state index is 12.0. The van der Waals surface area contributed by atoms with Gasteiger partial charge in [-0.1, -0.05) is 40.9 Å². The Labute approximate surface area is 167 Å². The third-order valence-corrected chi connectivity index (χ3v) is 4.23. The van der Waals surface area contributed by atoms with E-state index < -0.39 is 5.97 Å². The van der Waals surface area contributed by atoms with Crippen molar-refractivity contribution in [3.05, 3.63) is 57.0 Å². The van der Waals surface area contributed by atoms with E-state index in [2.05, 4.69) is 0 Å². The number of ether oxygens (including phenoxy) is 3. The minimum Gasteiger partial charge on any atom is -0.493 e. The molecule has 0 aliphatic carbocycles. The summed E-state index contributed by atoms with van der Waals surface area (Å²) in [5.41, 5.74) is 0.650. The van der Waals surface area contributed by atoms with Crippen molar-refractivity contribution in [3.8, 4) is 17.2 Å². The van der Waals surface area contributed by atoms with Gasteiger partial charge in [0.1, 0.15) is 5.02 Å². The zero-order chi connectivity index (χ0) is 19.3. The summed E-state index contributed by atoms with van der Waals surface area (Å²) in [4.78, 5) is 12.0. The van der Waals surface area contributed by atoms with Gasteiger partial charge in [0.15, 0.2) is 17.2 Å². The molecule has 0 saturated carbocycles. The van der Waals surface area contributed by atoms with Crippen LogP contribution in [-0.4, -0.2) is 19.2 Å². The van der Waals surface area contributed by atoms with Gasteiger partial charge >= 0.3 is 5.97 Å². The normalized spacial score (nSPS) is 11.0. The molecule has 0 aliphatic heterocycles. The van der Waals surface area contributed by atoms with Gasteiger partial charge in [-0.05, 0) is 49.8 Å². The van der Waals surface area contributed by atoms with Crippen molar-refractivity contribution in [1.29, 1.82) is 0 Å². The Bertz CT molecular complexity index is 832. The van der Waals surface area contributed by atoms with Gasteiger partial charge < -0.3 is 14.2 Å². The van der Waals surface area contributed by atoms with E-state index in [-0.39, 0.29) is 16.9 Å². The summed E-state index contributed by atoms with van der Waals surface area (Å²) in [5.74, 6) is 0.503. The number of esters is 1. The highest BCUT2D eigenvalue weighted by atomic mass is 35.5. The molecule has 138 valence electrons. The molecule has 0 aliphatic rings. The van der Waals surface area contributed by atoms with Crippen LogP contribution in [0.1, 0.15) is 19.4 Å². The van der Waals surface area contributed by atoms with Gasteiger partial charge in [0.05, 0.1) is 23.3 Å². The predicted molar refractivity (Wildman–Crippen MR) is 105 cm³/mol. The molecule has 0 amide bonds. The fourth-order valence-electron chi connectivity index (χ4n) is 2.06. The molecule has 0 atom stereocenters. The molecule has 2 aromatic carbocycles. The largest absolute Gasteiger partial charge is 0.493 e. The third-order valence-electron chi connectivity index (χ3n) is 3.14. The molecule has 0 N–H and O–H groups in total. The predicted octanol–water partition coefficient (Wildman–Crippen LogP) is 6.06. The number of carbonyl (C=O) groups is 1. The second kappa shape index (κ2) is 9.17. The molecule has 0 heterocycles. The van der Waals surface area contributed by atoms with E-state index in [0.29, 0.717) is 27.1 Å². The lowest BCUT2D eigenvalue weighted by atomic mass is 10.2. The lowest BCUT2D eigenvalue weighted by Gasteiger charge is -2.15. The van der Waals surface area contributed by atoms with Crippen LogP contribution in [0.2, 0.25) is 15.1 Å². The van der Waals surface area contributed by atoms with Crippen molar-refractivity contribution in [2.45, 2.75) is 20.0 Å². The van der Waals surface area contributed by atoms with Crippen molar-refractivity contribution < 1.29 is 19.0 Å². The van der Waals surface area contributed by atoms with Crippen molar-refractivity contribution in [3.63, 3.8) is 0 Å². The van der Waals surface area contributed by atoms with E-state index in [1.54, 1.807) is 36.4 Å². The summed E-state index contributed by atoms with van der Waals surface area (Å²) in [6, 6.07) is 8.17. The molecule has 0 bridgehead atoms. The van der Waals surface area contributed by atoms with Gasteiger partial charge in [0.2, 0.25) is 0 Å². The van der Waals surface area contributed by atoms with Crippen molar-refractivity contribution in [2.24, 2.45) is 0 Å². The van der Waals surface area contributed by atoms with Crippen LogP contribution >= 0.6 is 34.8 Å². The minimum absolute atomic E-state index is 0.0554. The maximum Gasteiger partial charge on any atom is 0.336 e. The highest BCUT2D eigenvalue weighted by Crippen LogP contribution is 2.37. The Morgan fingerprint density at radius 2 is 1.81 bits per heavy atom. The quantitative estimate of drug-likeness (QED) is 0.327. The van der Waals surface area contributed by atoms with E-state index in [0.717, 1.165) is 0 Å². The monoisotopic (exact) mass is 414 g/mol. The summed E-state index contributed by atoms with van der Waals surface area (Å²) in [6.07, 6.45) is 2.75. The average Bonchev–Trinajstić information content (AvgIpc) is 2.58. The van der Waals surface area contributed by atoms with Gasteiger partial charge in [-0.15, -0.1) is 0 Å². The first-order valence-electron chi connectivity index (χ1n) is 7.70. The number of benzene rings is 2. The van der Waals surface area contributed by atoms with Crippen LogP contribution in [0, 0.1) is 0 Å². The van der Waals surface area contributed by atoms with Crippen LogP contribution in [0.3, 0.4) is 0 Å². The number of carbonyl (C=O) groups excluding carboxylic acids is 1. The summed E-state index contributed by atoms with van der Waals surface area (Å²) in [6.45, 7) is 3.78. The van der Waals surface area contributed by atoms with Crippen LogP contribution in [0.15, 0.2) is 36.4 Å². The van der Waals surface area contributed by atoms with E-state index in [1.165, 1.54) is 13.2 Å². The molecule has 26 heavy (non-hydrogen) atoms. The number of hydrogen-bond donors (Lipinski definition) is 0. The van der Waals surface area contributed by atoms with Gasteiger partial charge in [-0.25, -0.2) is 4.79 Å². The Balaban J connectivity index is 2.18. The second-order valence-corrected chi connectivity index (χ2v) is 6.70. The van der Waals surface area contributed by atoms with Gasteiger partial charge in [0.25, 0.3) is 0 Å². The standard InChI is InChI=1S/C19H17Cl3O4/c1-11(2)25-19-14(21)9-12(10-16(19)24-3)7-8-17(23)26-15-6-4-5-13(20)18(15)22/h4-11H,1-3H3. The average molecular weight is 416 g/mol. The SMILES string of the molecule is COc1cc(C=CC(=O)Oc2cccc(Cl)c2Cl)cc(Cl)c1OC(C)C. The third kappa shape index (κ3) is 5.31. The molecule has 0 unspecified atom stereocenters. The van der Waals surface area contributed by atoms with Crippen LogP contribution < -0.4 is 14.2 Å². The lowest BCUT2D eigenvalue weighted by molar-refractivity contribution is -0.128. The van der Waals surface area contributed by atoms with E-state index in [9.17, 15) is 4.79 Å². The second-order valence-electron chi connectivity index (χ2n) is 5.51. The minimum atomic E-state index is -0.605. The van der Waals surface area contributed by atoms with Gasteiger partial charge in [0, 0.05) is 6.08 Å². The molecule has 0 aromatic heterocycles. The Morgan fingerprint density at radius 1 is 1.08 bits per heavy atom. The smallest absolute Gasteiger partial charge is 0.336 e. The van der Waals surface area contributed by atoms with Gasteiger partial charge in [-0.3, -0.25) is 0 Å². The van der Waals surface area contributed by atoms with Crippen LogP contribution in [0.4, 0.5) is 0 Å². The fraction of sp³-hybridized carbons (Fsp3) is 0.211. The summed E-state index contributed by atoms with van der Waals surface area (Å²) < 4.78 is 16.1. The molecular weight excluding hydrogens is 399 g/mol. The number of hydrogen-bond acceptors (Lipinski definition) is 4. The van der Waals surface area contributed by atoms with E-state index in [1.807, 2.05) is 13.8 Å². The topological polar surface area (TPSA) is 44.8 Å². The van der Waals surface area contributed by atoms with Crippen molar-refractivity contribution >= 4 is 46.8 Å². The van der Waals surface area contributed by atoms with Gasteiger partial charge in [-0.2, -0.15) is 0 Å². The molecule has 0 spiro atoms. The molecule has 0 radical (unpaired) electrons. The molecular formula is C19H17Cl3O4. The van der Waals surface area contributed by atoms with Crippen LogP contribution in [0.5, 0.6) is 17.2 Å². The fourth-order valence-corrected chi connectivity index (χ4v) is 2.65. The maximum atomic E-state index is 12.0. The molecule has 0 saturated heterocycles. The number of halogens is 3. The number of methoxy groups -OCH3 is 1. The molecule has 4 nitrogen and oxygen atoms in total. The highest BCUT2D eigenvalue weighted by molar-refractivity contribution is 6.43. The van der Waals surface area contributed by atoms with Crippen LogP contribution in [0.25, 0.3) is 6.08 Å². The Hall–Kier alpha value is -1.88. The summed E-state index contributed by atoms with van der Waals surface area (Å²) >= 11 is 18.1. The first kappa shape index (κ1) is 20.4. The lowest BCUT2D eigenvalue weighted by Crippen LogP contribution is -2.07. The highest BCUT2D eigenvalue weighted by Gasteiger charge is 2.13. The summed E-state index contributed by atoms with van der Waals surface area (Å²) in [5, 5.41) is 0.859. The van der Waals surface area contributed by atoms with Crippen molar-refractivity contribution in [1.82, 2.24) is 0 Å².